The summed E-state index contributed by atoms with van der Waals surface area (Å²) in [5.41, 5.74) is 0. The lowest BCUT2D eigenvalue weighted by atomic mass is 9.84. The Morgan fingerprint density at radius 2 is 2.19 bits per heavy atom. The molecule has 0 bridgehead atoms. The summed E-state index contributed by atoms with van der Waals surface area (Å²) >= 11 is 3.75. The molecule has 4 nitrogen and oxygen atoms in total. The number of nitrogens with zero attached hydrogens (tertiary/aromatic N) is 2. The minimum absolute atomic E-state index is 0.403. The summed E-state index contributed by atoms with van der Waals surface area (Å²) in [7, 11) is 1.87. The number of aromatic nitrogens is 2. The first kappa shape index (κ1) is 14.9. The topological polar surface area (TPSA) is 49.8 Å². The molecule has 1 saturated carbocycles. The number of hydrogen-bond acceptors (Lipinski definition) is 6. The second-order valence-electron chi connectivity index (χ2n) is 5.53. The van der Waals surface area contributed by atoms with Crippen LogP contribution in [0.4, 0.5) is 11.8 Å². The molecule has 0 spiro atoms. The number of hydrogen-bond donors (Lipinski definition) is 2. The average molecular weight is 323 g/mol. The van der Waals surface area contributed by atoms with Crippen molar-refractivity contribution in [3.8, 4) is 0 Å². The summed E-state index contributed by atoms with van der Waals surface area (Å²) in [5, 5.41) is 7.81. The Morgan fingerprint density at radius 1 is 1.38 bits per heavy atom. The van der Waals surface area contributed by atoms with Gasteiger partial charge < -0.3 is 10.6 Å². The van der Waals surface area contributed by atoms with E-state index in [1.807, 2.05) is 18.8 Å². The molecule has 2 aromatic rings. The highest BCUT2D eigenvalue weighted by molar-refractivity contribution is 8.00. The maximum atomic E-state index is 4.63. The van der Waals surface area contributed by atoms with Crippen LogP contribution in [-0.4, -0.2) is 34.6 Å². The fourth-order valence-electron chi connectivity index (χ4n) is 2.66. The quantitative estimate of drug-likeness (QED) is 0.842. The summed E-state index contributed by atoms with van der Waals surface area (Å²) in [6, 6.07) is 2.23. The minimum atomic E-state index is 0.403. The number of fused-ring (bicyclic) bond motifs is 1. The molecule has 2 N–H and O–H groups in total. The van der Waals surface area contributed by atoms with Crippen molar-refractivity contribution in [2.75, 3.05) is 30.5 Å². The molecule has 0 atom stereocenters. The standard InChI is InChI=1S/C15H22N4S2/c1-4-10-8-11-12(17-9-15(20-3)6-5-7-15)18-14(16-2)19-13(11)21-10/h8H,4-7,9H2,1-3H3,(H2,16,17,18,19). The Hall–Kier alpha value is -1.01. The Labute approximate surface area is 134 Å². The number of rotatable bonds is 6. The molecular formula is C15H22N4S2. The van der Waals surface area contributed by atoms with E-state index < -0.39 is 0 Å². The van der Waals surface area contributed by atoms with E-state index in [1.54, 1.807) is 11.3 Å². The van der Waals surface area contributed by atoms with E-state index >= 15 is 0 Å². The molecule has 21 heavy (non-hydrogen) atoms. The number of anilines is 2. The Morgan fingerprint density at radius 3 is 2.76 bits per heavy atom. The van der Waals surface area contributed by atoms with Crippen LogP contribution in [0.5, 0.6) is 0 Å². The van der Waals surface area contributed by atoms with Crippen LogP contribution in [0.1, 0.15) is 31.1 Å². The van der Waals surface area contributed by atoms with Gasteiger partial charge in [-0.05, 0) is 31.6 Å². The first-order valence-electron chi connectivity index (χ1n) is 7.47. The predicted molar refractivity (Wildman–Crippen MR) is 94.9 cm³/mol. The van der Waals surface area contributed by atoms with Gasteiger partial charge in [0.2, 0.25) is 5.95 Å². The molecule has 0 unspecified atom stereocenters. The zero-order valence-corrected chi connectivity index (χ0v) is 14.5. The highest BCUT2D eigenvalue weighted by Gasteiger charge is 2.36. The zero-order chi connectivity index (χ0) is 14.9. The lowest BCUT2D eigenvalue weighted by molar-refractivity contribution is 0.380. The largest absolute Gasteiger partial charge is 0.368 e. The normalized spacial score (nSPS) is 16.7. The van der Waals surface area contributed by atoms with E-state index in [1.165, 1.54) is 24.1 Å². The molecule has 2 aromatic heterocycles. The first-order chi connectivity index (χ1) is 10.2. The van der Waals surface area contributed by atoms with Crippen molar-refractivity contribution in [1.82, 2.24) is 9.97 Å². The van der Waals surface area contributed by atoms with Gasteiger partial charge >= 0.3 is 0 Å². The minimum Gasteiger partial charge on any atom is -0.368 e. The van der Waals surface area contributed by atoms with Gasteiger partial charge in [0.05, 0.1) is 5.39 Å². The van der Waals surface area contributed by atoms with Gasteiger partial charge in [-0.3, -0.25) is 0 Å². The molecule has 0 amide bonds. The van der Waals surface area contributed by atoms with Crippen LogP contribution in [0.25, 0.3) is 10.2 Å². The Bertz CT molecular complexity index is 628. The second-order valence-corrected chi connectivity index (χ2v) is 7.91. The van der Waals surface area contributed by atoms with Crippen LogP contribution in [0.3, 0.4) is 0 Å². The maximum Gasteiger partial charge on any atom is 0.225 e. The molecule has 0 aliphatic heterocycles. The molecule has 114 valence electrons. The monoisotopic (exact) mass is 322 g/mol. The van der Waals surface area contributed by atoms with Crippen molar-refractivity contribution in [3.63, 3.8) is 0 Å². The third kappa shape index (κ3) is 2.83. The molecular weight excluding hydrogens is 300 g/mol. The molecule has 0 aromatic carbocycles. The fraction of sp³-hybridized carbons (Fsp3) is 0.600. The van der Waals surface area contributed by atoms with E-state index in [0.717, 1.165) is 29.0 Å². The van der Waals surface area contributed by atoms with Gasteiger partial charge in [-0.1, -0.05) is 13.3 Å². The van der Waals surface area contributed by atoms with Crippen LogP contribution >= 0.6 is 23.1 Å². The average Bonchev–Trinajstić information content (AvgIpc) is 2.89. The molecule has 1 aliphatic rings. The molecule has 2 heterocycles. The molecule has 1 aliphatic carbocycles. The molecule has 1 fully saturated rings. The van der Waals surface area contributed by atoms with Crippen molar-refractivity contribution < 1.29 is 0 Å². The van der Waals surface area contributed by atoms with Crippen LogP contribution in [0.2, 0.25) is 0 Å². The number of nitrogens with one attached hydrogen (secondary N) is 2. The number of aryl methyl sites for hydroxylation is 1. The lowest BCUT2D eigenvalue weighted by Crippen LogP contribution is -2.40. The van der Waals surface area contributed by atoms with E-state index in [9.17, 15) is 0 Å². The number of thioether (sulfide) groups is 1. The summed E-state index contributed by atoms with van der Waals surface area (Å²) in [6.45, 7) is 3.17. The first-order valence-corrected chi connectivity index (χ1v) is 9.51. The van der Waals surface area contributed by atoms with Gasteiger partial charge in [-0.15, -0.1) is 11.3 Å². The van der Waals surface area contributed by atoms with Crippen molar-refractivity contribution in [2.24, 2.45) is 0 Å². The van der Waals surface area contributed by atoms with Crippen molar-refractivity contribution in [2.45, 2.75) is 37.4 Å². The van der Waals surface area contributed by atoms with Crippen molar-refractivity contribution >= 4 is 45.1 Å². The van der Waals surface area contributed by atoms with Crippen LogP contribution in [0.15, 0.2) is 6.07 Å². The molecule has 3 rings (SSSR count). The smallest absolute Gasteiger partial charge is 0.225 e. The summed E-state index contributed by atoms with van der Waals surface area (Å²) < 4.78 is 0.403. The van der Waals surface area contributed by atoms with Gasteiger partial charge in [0.25, 0.3) is 0 Å². The lowest BCUT2D eigenvalue weighted by Gasteiger charge is -2.40. The van der Waals surface area contributed by atoms with Crippen molar-refractivity contribution in [1.29, 1.82) is 0 Å². The Kier molecular flexibility index (Phi) is 4.26. The van der Waals surface area contributed by atoms with Crippen molar-refractivity contribution in [3.05, 3.63) is 10.9 Å². The van der Waals surface area contributed by atoms with E-state index in [2.05, 4.69) is 39.8 Å². The third-order valence-electron chi connectivity index (χ3n) is 4.29. The molecule has 6 heteroatoms. The van der Waals surface area contributed by atoms with E-state index in [4.69, 9.17) is 0 Å². The zero-order valence-electron chi connectivity index (χ0n) is 12.8. The molecule has 0 radical (unpaired) electrons. The summed E-state index contributed by atoms with van der Waals surface area (Å²) in [6.07, 6.45) is 7.22. The summed E-state index contributed by atoms with van der Waals surface area (Å²) in [5.74, 6) is 1.67. The van der Waals surface area contributed by atoms with Gasteiger partial charge in [0.15, 0.2) is 0 Å². The van der Waals surface area contributed by atoms with Crippen LogP contribution < -0.4 is 10.6 Å². The maximum absolute atomic E-state index is 4.63. The van der Waals surface area contributed by atoms with Gasteiger partial charge in [-0.2, -0.15) is 16.7 Å². The molecule has 0 saturated heterocycles. The second kappa shape index (κ2) is 6.01. The SMILES string of the molecule is CCc1cc2c(NCC3(SC)CCC3)nc(NC)nc2s1. The van der Waals surface area contributed by atoms with Gasteiger partial charge in [-0.25, -0.2) is 4.98 Å². The van der Waals surface area contributed by atoms with Crippen LogP contribution in [0, 0.1) is 0 Å². The van der Waals surface area contributed by atoms with Gasteiger partial charge in [0, 0.05) is 23.2 Å². The third-order valence-corrected chi connectivity index (χ3v) is 6.88. The predicted octanol–water partition coefficient (Wildman–Crippen LogP) is 3.99. The highest BCUT2D eigenvalue weighted by Crippen LogP contribution is 2.43. The van der Waals surface area contributed by atoms with E-state index in [0.29, 0.717) is 10.7 Å². The highest BCUT2D eigenvalue weighted by atomic mass is 32.2. The fourth-order valence-corrected chi connectivity index (χ4v) is 4.54. The Balaban J connectivity index is 1.90. The number of thiophene rings is 1. The summed E-state index contributed by atoms with van der Waals surface area (Å²) in [4.78, 5) is 11.6. The van der Waals surface area contributed by atoms with E-state index in [-0.39, 0.29) is 0 Å². The van der Waals surface area contributed by atoms with Gasteiger partial charge in [0.1, 0.15) is 10.6 Å². The van der Waals surface area contributed by atoms with Crippen LogP contribution in [-0.2, 0) is 6.42 Å².